The van der Waals surface area contributed by atoms with Gasteiger partial charge in [-0.15, -0.1) is 0 Å². The molecule has 0 bridgehead atoms. The summed E-state index contributed by atoms with van der Waals surface area (Å²) >= 11 is 3.36. The summed E-state index contributed by atoms with van der Waals surface area (Å²) in [6.07, 6.45) is 2.86. The van der Waals surface area contributed by atoms with Crippen molar-refractivity contribution in [3.05, 3.63) is 58.8 Å². The van der Waals surface area contributed by atoms with E-state index in [-0.39, 0.29) is 11.9 Å². The average molecular weight is 349 g/mol. The molecule has 0 saturated heterocycles. The van der Waals surface area contributed by atoms with E-state index in [4.69, 9.17) is 4.74 Å². The molecule has 5 heteroatoms. The van der Waals surface area contributed by atoms with Crippen molar-refractivity contribution in [1.82, 2.24) is 10.3 Å². The fourth-order valence-corrected chi connectivity index (χ4v) is 2.10. The van der Waals surface area contributed by atoms with E-state index in [1.807, 2.05) is 43.3 Å². The van der Waals surface area contributed by atoms with Crippen molar-refractivity contribution < 1.29 is 9.53 Å². The van der Waals surface area contributed by atoms with Gasteiger partial charge in [0.25, 0.3) is 5.91 Å². The topological polar surface area (TPSA) is 51.2 Å². The first-order chi connectivity index (χ1) is 10.1. The summed E-state index contributed by atoms with van der Waals surface area (Å²) in [7, 11) is 0. The number of carbonyl (C=O) groups is 1. The molecule has 110 valence electrons. The van der Waals surface area contributed by atoms with Gasteiger partial charge in [-0.2, -0.15) is 0 Å². The molecule has 21 heavy (non-hydrogen) atoms. The second kappa shape index (κ2) is 7.22. The van der Waals surface area contributed by atoms with E-state index in [9.17, 15) is 4.79 Å². The molecule has 4 nitrogen and oxygen atoms in total. The lowest BCUT2D eigenvalue weighted by Gasteiger charge is -2.19. The van der Waals surface area contributed by atoms with Crippen LogP contribution in [0.4, 0.5) is 0 Å². The van der Waals surface area contributed by atoms with Crippen molar-refractivity contribution >= 4 is 21.8 Å². The maximum atomic E-state index is 12.1. The maximum absolute atomic E-state index is 12.1. The summed E-state index contributed by atoms with van der Waals surface area (Å²) < 4.78 is 6.59. The largest absolute Gasteiger partial charge is 0.481 e. The molecule has 2 unspecified atom stereocenters. The Kier molecular flexibility index (Phi) is 5.33. The number of pyridine rings is 1. The molecular formula is C16H17BrN2O2. The highest BCUT2D eigenvalue weighted by molar-refractivity contribution is 9.10. The molecule has 0 aliphatic carbocycles. The second-order valence-electron chi connectivity index (χ2n) is 4.72. The van der Waals surface area contributed by atoms with Crippen LogP contribution in [0.3, 0.4) is 0 Å². The van der Waals surface area contributed by atoms with Crippen LogP contribution in [0.25, 0.3) is 0 Å². The van der Waals surface area contributed by atoms with Crippen molar-refractivity contribution in [2.24, 2.45) is 0 Å². The van der Waals surface area contributed by atoms with Crippen LogP contribution in [0.15, 0.2) is 53.3 Å². The molecule has 0 spiro atoms. The molecule has 0 saturated carbocycles. The Morgan fingerprint density at radius 3 is 2.38 bits per heavy atom. The highest BCUT2D eigenvalue weighted by Gasteiger charge is 2.17. The van der Waals surface area contributed by atoms with Gasteiger partial charge in [-0.1, -0.05) is 15.9 Å². The Morgan fingerprint density at radius 1 is 1.14 bits per heavy atom. The number of rotatable bonds is 5. The third-order valence-electron chi connectivity index (χ3n) is 3.06. The third kappa shape index (κ3) is 4.56. The first-order valence-corrected chi connectivity index (χ1v) is 7.48. The quantitative estimate of drug-likeness (QED) is 0.899. The summed E-state index contributed by atoms with van der Waals surface area (Å²) in [5.74, 6) is 0.514. The molecule has 1 N–H and O–H groups in total. The van der Waals surface area contributed by atoms with Crippen LogP contribution in [-0.4, -0.2) is 17.0 Å². The van der Waals surface area contributed by atoms with E-state index in [0.29, 0.717) is 5.75 Å². The maximum Gasteiger partial charge on any atom is 0.261 e. The smallest absolute Gasteiger partial charge is 0.261 e. The van der Waals surface area contributed by atoms with E-state index in [1.54, 1.807) is 19.3 Å². The number of nitrogens with one attached hydrogen (secondary N) is 1. The average Bonchev–Trinajstić information content (AvgIpc) is 2.50. The van der Waals surface area contributed by atoms with E-state index in [0.717, 1.165) is 10.0 Å². The summed E-state index contributed by atoms with van der Waals surface area (Å²) in [5.41, 5.74) is 1.01. The number of nitrogens with zero attached hydrogens (tertiary/aromatic N) is 1. The van der Waals surface area contributed by atoms with E-state index >= 15 is 0 Å². The molecule has 2 rings (SSSR count). The van der Waals surface area contributed by atoms with Gasteiger partial charge in [0.1, 0.15) is 5.75 Å². The van der Waals surface area contributed by atoms with Crippen LogP contribution >= 0.6 is 15.9 Å². The Balaban J connectivity index is 1.92. The second-order valence-corrected chi connectivity index (χ2v) is 5.64. The summed E-state index contributed by atoms with van der Waals surface area (Å²) in [4.78, 5) is 16.1. The van der Waals surface area contributed by atoms with Crippen LogP contribution < -0.4 is 10.1 Å². The molecular weight excluding hydrogens is 332 g/mol. The van der Waals surface area contributed by atoms with E-state index < -0.39 is 6.10 Å². The number of ether oxygens (including phenoxy) is 1. The van der Waals surface area contributed by atoms with Gasteiger partial charge in [0.05, 0.1) is 6.04 Å². The van der Waals surface area contributed by atoms with Crippen molar-refractivity contribution in [3.8, 4) is 5.75 Å². The number of benzene rings is 1. The minimum absolute atomic E-state index is 0.0866. The van der Waals surface area contributed by atoms with Crippen molar-refractivity contribution in [3.63, 3.8) is 0 Å². The SMILES string of the molecule is CC(Oc1ccc(Br)cc1)C(=O)NC(C)c1ccncc1. The van der Waals surface area contributed by atoms with Crippen LogP contribution in [-0.2, 0) is 4.79 Å². The predicted molar refractivity (Wildman–Crippen MR) is 85.0 cm³/mol. The predicted octanol–water partition coefficient (Wildman–Crippen LogP) is 3.49. The molecule has 0 fully saturated rings. The van der Waals surface area contributed by atoms with Gasteiger partial charge < -0.3 is 10.1 Å². The fourth-order valence-electron chi connectivity index (χ4n) is 1.84. The van der Waals surface area contributed by atoms with Crippen LogP contribution in [0.5, 0.6) is 5.75 Å². The number of amides is 1. The number of aromatic nitrogens is 1. The highest BCUT2D eigenvalue weighted by atomic mass is 79.9. The number of halogens is 1. The molecule has 0 radical (unpaired) electrons. The Morgan fingerprint density at radius 2 is 1.76 bits per heavy atom. The summed E-state index contributed by atoms with van der Waals surface area (Å²) in [5, 5.41) is 2.93. The summed E-state index contributed by atoms with van der Waals surface area (Å²) in [6, 6.07) is 11.1. The highest BCUT2D eigenvalue weighted by Crippen LogP contribution is 2.18. The monoisotopic (exact) mass is 348 g/mol. The molecule has 0 aliphatic rings. The summed E-state index contributed by atoms with van der Waals surface area (Å²) in [6.45, 7) is 3.66. The van der Waals surface area contributed by atoms with Gasteiger partial charge in [-0.3, -0.25) is 9.78 Å². The number of hydrogen-bond acceptors (Lipinski definition) is 3. The zero-order valence-corrected chi connectivity index (χ0v) is 13.5. The van der Waals surface area contributed by atoms with Gasteiger partial charge in [-0.05, 0) is 55.8 Å². The first kappa shape index (κ1) is 15.5. The standard InChI is InChI=1S/C16H17BrN2O2/c1-11(13-7-9-18-10-8-13)19-16(20)12(2)21-15-5-3-14(17)4-6-15/h3-12H,1-2H3,(H,19,20). The first-order valence-electron chi connectivity index (χ1n) is 6.69. The minimum atomic E-state index is -0.560. The van der Waals surface area contributed by atoms with Gasteiger partial charge >= 0.3 is 0 Å². The van der Waals surface area contributed by atoms with E-state index in [2.05, 4.69) is 26.2 Å². The van der Waals surface area contributed by atoms with E-state index in [1.165, 1.54) is 0 Å². The lowest BCUT2D eigenvalue weighted by molar-refractivity contribution is -0.127. The Bertz CT molecular complexity index is 587. The lowest BCUT2D eigenvalue weighted by Crippen LogP contribution is -2.37. The normalized spacial score (nSPS) is 13.3. The zero-order chi connectivity index (χ0) is 15.2. The Hall–Kier alpha value is -1.88. The zero-order valence-electron chi connectivity index (χ0n) is 11.9. The van der Waals surface area contributed by atoms with Crippen molar-refractivity contribution in [2.45, 2.75) is 26.0 Å². The Labute approximate surface area is 132 Å². The van der Waals surface area contributed by atoms with Gasteiger partial charge in [0, 0.05) is 16.9 Å². The molecule has 2 aromatic rings. The molecule has 1 amide bonds. The number of hydrogen-bond donors (Lipinski definition) is 1. The molecule has 2 atom stereocenters. The van der Waals surface area contributed by atoms with Crippen LogP contribution in [0.2, 0.25) is 0 Å². The number of carbonyl (C=O) groups excluding carboxylic acids is 1. The third-order valence-corrected chi connectivity index (χ3v) is 3.59. The van der Waals surface area contributed by atoms with Crippen LogP contribution in [0, 0.1) is 0 Å². The molecule has 1 heterocycles. The van der Waals surface area contributed by atoms with Gasteiger partial charge in [-0.25, -0.2) is 0 Å². The molecule has 1 aromatic carbocycles. The molecule has 0 aliphatic heterocycles. The minimum Gasteiger partial charge on any atom is -0.481 e. The van der Waals surface area contributed by atoms with Gasteiger partial charge in [0.2, 0.25) is 0 Å². The lowest BCUT2D eigenvalue weighted by atomic mass is 10.1. The fraction of sp³-hybridized carbons (Fsp3) is 0.250. The van der Waals surface area contributed by atoms with Crippen molar-refractivity contribution in [1.29, 1.82) is 0 Å². The van der Waals surface area contributed by atoms with Gasteiger partial charge in [0.15, 0.2) is 6.10 Å². The van der Waals surface area contributed by atoms with Crippen molar-refractivity contribution in [2.75, 3.05) is 0 Å². The van der Waals surface area contributed by atoms with Crippen LogP contribution in [0.1, 0.15) is 25.5 Å². The molecule has 1 aromatic heterocycles.